The average molecular weight is 388 g/mol. The molecule has 0 aromatic heterocycles. The summed E-state index contributed by atoms with van der Waals surface area (Å²) in [5.41, 5.74) is 3.43. The Morgan fingerprint density at radius 3 is 1.31 bits per heavy atom. The van der Waals surface area contributed by atoms with Gasteiger partial charge in [-0.15, -0.1) is 0 Å². The highest BCUT2D eigenvalue weighted by atomic mass is 16.2. The quantitative estimate of drug-likeness (QED) is 0.299. The number of aliphatic hydroxyl groups is 1. The van der Waals surface area contributed by atoms with Crippen LogP contribution in [0.5, 0.6) is 0 Å². The first-order chi connectivity index (χ1) is 14.4. The molecule has 3 aromatic carbocycles. The molecule has 2 heteroatoms. The van der Waals surface area contributed by atoms with Gasteiger partial charge in [-0.05, 0) is 36.1 Å². The Hall–Kier alpha value is -2.42. The zero-order chi connectivity index (χ0) is 20.2. The van der Waals surface area contributed by atoms with Gasteiger partial charge in [-0.1, -0.05) is 117 Å². The fraction of sp³-hybridized carbons (Fsp3) is 0.333. The van der Waals surface area contributed by atoms with E-state index in [2.05, 4.69) is 96.3 Å². The third-order valence-electron chi connectivity index (χ3n) is 5.60. The first kappa shape index (κ1) is 21.3. The van der Waals surface area contributed by atoms with Crippen LogP contribution in [0.15, 0.2) is 91.0 Å². The highest BCUT2D eigenvalue weighted by molar-refractivity contribution is 5.49. The summed E-state index contributed by atoms with van der Waals surface area (Å²) in [5.74, 6) is 0. The summed E-state index contributed by atoms with van der Waals surface area (Å²) in [6.45, 7) is 1.27. The summed E-state index contributed by atoms with van der Waals surface area (Å²) in [6, 6.07) is 32.3. The fourth-order valence-electron chi connectivity index (χ4n) is 4.09. The Bertz CT molecular complexity index is 705. The van der Waals surface area contributed by atoms with Crippen molar-refractivity contribution in [1.29, 1.82) is 0 Å². The Kier molecular flexibility index (Phi) is 8.48. The first-order valence-corrected chi connectivity index (χ1v) is 10.9. The van der Waals surface area contributed by atoms with Crippen molar-refractivity contribution in [1.82, 2.24) is 5.32 Å². The molecule has 0 aliphatic heterocycles. The third-order valence-corrected chi connectivity index (χ3v) is 5.60. The molecule has 0 amide bonds. The summed E-state index contributed by atoms with van der Waals surface area (Å²) in [6.07, 6.45) is 6.86. The second-order valence-electron chi connectivity index (χ2n) is 7.62. The molecule has 0 heterocycles. The van der Waals surface area contributed by atoms with Crippen LogP contribution in [0.3, 0.4) is 0 Å². The standard InChI is InChI=1S/C27H33NO/c29-23-15-4-2-1-3-14-22-28-27(24-16-8-5-9-17-24,25-18-10-6-11-19-25)26-20-12-7-13-21-26/h5-13,16-21,28-29H,1-4,14-15,22-23H2. The first-order valence-electron chi connectivity index (χ1n) is 10.9. The lowest BCUT2D eigenvalue weighted by atomic mass is 9.77. The van der Waals surface area contributed by atoms with E-state index in [4.69, 9.17) is 5.11 Å². The highest BCUT2D eigenvalue weighted by Gasteiger charge is 2.35. The molecule has 3 rings (SSSR count). The smallest absolute Gasteiger partial charge is 0.0947 e. The summed E-state index contributed by atoms with van der Waals surface area (Å²) >= 11 is 0. The van der Waals surface area contributed by atoms with E-state index in [1.165, 1.54) is 36.0 Å². The number of rotatable bonds is 12. The maximum atomic E-state index is 8.91. The molecule has 29 heavy (non-hydrogen) atoms. The predicted octanol–water partition coefficient (Wildman–Crippen LogP) is 5.90. The molecule has 0 unspecified atom stereocenters. The van der Waals surface area contributed by atoms with Crippen LogP contribution < -0.4 is 5.32 Å². The SMILES string of the molecule is OCCCCCCCCNC(c1ccccc1)(c1ccccc1)c1ccccc1. The molecule has 0 saturated carbocycles. The second kappa shape index (κ2) is 11.5. The van der Waals surface area contributed by atoms with Crippen molar-refractivity contribution in [3.63, 3.8) is 0 Å². The van der Waals surface area contributed by atoms with E-state index in [1.807, 2.05) is 0 Å². The van der Waals surface area contributed by atoms with Crippen LogP contribution in [-0.4, -0.2) is 18.3 Å². The largest absolute Gasteiger partial charge is 0.396 e. The number of unbranched alkanes of at least 4 members (excludes halogenated alkanes) is 5. The zero-order valence-electron chi connectivity index (χ0n) is 17.3. The number of benzene rings is 3. The van der Waals surface area contributed by atoms with Gasteiger partial charge < -0.3 is 5.11 Å². The molecular weight excluding hydrogens is 354 g/mol. The Balaban J connectivity index is 1.83. The van der Waals surface area contributed by atoms with Gasteiger partial charge in [0, 0.05) is 6.61 Å². The molecule has 0 saturated heterocycles. The van der Waals surface area contributed by atoms with Crippen LogP contribution in [0.1, 0.15) is 55.2 Å². The van der Waals surface area contributed by atoms with E-state index in [-0.39, 0.29) is 5.54 Å². The number of aliphatic hydroxyl groups excluding tert-OH is 1. The monoisotopic (exact) mass is 387 g/mol. The van der Waals surface area contributed by atoms with E-state index in [0.29, 0.717) is 6.61 Å². The van der Waals surface area contributed by atoms with Crippen LogP contribution >= 0.6 is 0 Å². The van der Waals surface area contributed by atoms with Gasteiger partial charge in [-0.3, -0.25) is 5.32 Å². The van der Waals surface area contributed by atoms with Crippen molar-refractivity contribution in [3.05, 3.63) is 108 Å². The van der Waals surface area contributed by atoms with Gasteiger partial charge in [0.1, 0.15) is 0 Å². The van der Waals surface area contributed by atoms with Crippen LogP contribution in [0, 0.1) is 0 Å². The lowest BCUT2D eigenvalue weighted by Crippen LogP contribution is -2.45. The van der Waals surface area contributed by atoms with Crippen molar-refractivity contribution in [2.75, 3.05) is 13.2 Å². The van der Waals surface area contributed by atoms with Gasteiger partial charge in [0.25, 0.3) is 0 Å². The molecule has 3 aromatic rings. The Morgan fingerprint density at radius 2 is 0.897 bits per heavy atom. The minimum atomic E-state index is -0.360. The molecule has 2 nitrogen and oxygen atoms in total. The molecule has 0 bridgehead atoms. The lowest BCUT2D eigenvalue weighted by Gasteiger charge is -2.37. The van der Waals surface area contributed by atoms with Crippen LogP contribution in [0.2, 0.25) is 0 Å². The van der Waals surface area contributed by atoms with E-state index in [1.54, 1.807) is 0 Å². The van der Waals surface area contributed by atoms with Crippen molar-refractivity contribution in [2.24, 2.45) is 0 Å². The van der Waals surface area contributed by atoms with E-state index < -0.39 is 0 Å². The Labute approximate surface area is 175 Å². The van der Waals surface area contributed by atoms with Gasteiger partial charge in [-0.2, -0.15) is 0 Å². The topological polar surface area (TPSA) is 32.3 Å². The molecule has 0 aliphatic carbocycles. The minimum Gasteiger partial charge on any atom is -0.396 e. The van der Waals surface area contributed by atoms with Crippen molar-refractivity contribution in [2.45, 2.75) is 44.1 Å². The van der Waals surface area contributed by atoms with Crippen molar-refractivity contribution in [3.8, 4) is 0 Å². The van der Waals surface area contributed by atoms with Crippen molar-refractivity contribution < 1.29 is 5.11 Å². The number of hydrogen-bond donors (Lipinski definition) is 2. The third kappa shape index (κ3) is 5.56. The van der Waals surface area contributed by atoms with Crippen LogP contribution in [-0.2, 0) is 5.54 Å². The maximum absolute atomic E-state index is 8.91. The van der Waals surface area contributed by atoms with E-state index >= 15 is 0 Å². The maximum Gasteiger partial charge on any atom is 0.0947 e. The van der Waals surface area contributed by atoms with E-state index in [0.717, 1.165) is 25.8 Å². The van der Waals surface area contributed by atoms with E-state index in [9.17, 15) is 0 Å². The summed E-state index contributed by atoms with van der Waals surface area (Å²) in [5, 5.41) is 12.9. The van der Waals surface area contributed by atoms with Crippen LogP contribution in [0.4, 0.5) is 0 Å². The summed E-state index contributed by atoms with van der Waals surface area (Å²) in [4.78, 5) is 0. The fourth-order valence-corrected chi connectivity index (χ4v) is 4.09. The molecular formula is C27H33NO. The van der Waals surface area contributed by atoms with Crippen LogP contribution in [0.25, 0.3) is 0 Å². The zero-order valence-corrected chi connectivity index (χ0v) is 17.3. The second-order valence-corrected chi connectivity index (χ2v) is 7.62. The minimum absolute atomic E-state index is 0.315. The van der Waals surface area contributed by atoms with Gasteiger partial charge >= 0.3 is 0 Å². The average Bonchev–Trinajstić information content (AvgIpc) is 2.80. The summed E-state index contributed by atoms with van der Waals surface area (Å²) in [7, 11) is 0. The van der Waals surface area contributed by atoms with Gasteiger partial charge in [0.05, 0.1) is 5.54 Å². The summed E-state index contributed by atoms with van der Waals surface area (Å²) < 4.78 is 0. The van der Waals surface area contributed by atoms with Gasteiger partial charge in [0.2, 0.25) is 0 Å². The Morgan fingerprint density at radius 1 is 0.517 bits per heavy atom. The highest BCUT2D eigenvalue weighted by Crippen LogP contribution is 2.36. The molecule has 0 fully saturated rings. The number of hydrogen-bond acceptors (Lipinski definition) is 2. The number of nitrogens with one attached hydrogen (secondary N) is 1. The molecule has 0 atom stereocenters. The van der Waals surface area contributed by atoms with Crippen molar-refractivity contribution >= 4 is 0 Å². The van der Waals surface area contributed by atoms with Gasteiger partial charge in [-0.25, -0.2) is 0 Å². The lowest BCUT2D eigenvalue weighted by molar-refractivity contribution is 0.282. The van der Waals surface area contributed by atoms with Gasteiger partial charge in [0.15, 0.2) is 0 Å². The molecule has 2 N–H and O–H groups in total. The predicted molar refractivity (Wildman–Crippen MR) is 122 cm³/mol. The molecule has 0 radical (unpaired) electrons. The normalized spacial score (nSPS) is 11.5. The molecule has 152 valence electrons. The molecule has 0 spiro atoms. The molecule has 0 aliphatic rings.